The zero-order valence-corrected chi connectivity index (χ0v) is 18.9. The van der Waals surface area contributed by atoms with Crippen LogP contribution in [0.25, 0.3) is 0 Å². The summed E-state index contributed by atoms with van der Waals surface area (Å²) in [7, 11) is 4.26. The van der Waals surface area contributed by atoms with Crippen molar-refractivity contribution in [1.82, 2.24) is 4.90 Å². The molecular formula is C23H25ClN2O6. The number of hydrogen-bond acceptors (Lipinski definition) is 6. The molecule has 0 atom stereocenters. The predicted molar refractivity (Wildman–Crippen MR) is 120 cm³/mol. The van der Waals surface area contributed by atoms with Crippen molar-refractivity contribution in [2.24, 2.45) is 5.92 Å². The predicted octanol–water partition coefficient (Wildman–Crippen LogP) is 3.63. The Morgan fingerprint density at radius 2 is 1.69 bits per heavy atom. The first-order chi connectivity index (χ1) is 15.4. The molecule has 1 aliphatic heterocycles. The summed E-state index contributed by atoms with van der Waals surface area (Å²) in [4.78, 5) is 39.6. The van der Waals surface area contributed by atoms with E-state index in [9.17, 15) is 14.4 Å². The smallest absolute Gasteiger partial charge is 0.340 e. The van der Waals surface area contributed by atoms with Gasteiger partial charge < -0.3 is 24.4 Å². The van der Waals surface area contributed by atoms with Gasteiger partial charge in [-0.1, -0.05) is 11.6 Å². The number of rotatable bonds is 6. The molecule has 2 amide bonds. The minimum absolute atomic E-state index is 0.189. The molecule has 1 fully saturated rings. The van der Waals surface area contributed by atoms with Crippen molar-refractivity contribution in [2.45, 2.75) is 12.8 Å². The van der Waals surface area contributed by atoms with E-state index in [0.717, 1.165) is 0 Å². The second-order valence-electron chi connectivity index (χ2n) is 7.30. The summed E-state index contributed by atoms with van der Waals surface area (Å²) in [5.74, 6) is -0.345. The Hall–Kier alpha value is -3.26. The van der Waals surface area contributed by atoms with Crippen molar-refractivity contribution in [3.05, 3.63) is 52.5 Å². The minimum atomic E-state index is -0.574. The van der Waals surface area contributed by atoms with Crippen LogP contribution in [0.1, 0.15) is 33.6 Å². The van der Waals surface area contributed by atoms with Crippen LogP contribution in [0, 0.1) is 5.92 Å². The zero-order valence-electron chi connectivity index (χ0n) is 18.1. The second kappa shape index (κ2) is 10.4. The van der Waals surface area contributed by atoms with Crippen molar-refractivity contribution in [3.63, 3.8) is 0 Å². The molecular weight excluding hydrogens is 436 g/mol. The summed E-state index contributed by atoms with van der Waals surface area (Å²) in [6, 6.07) is 9.68. The van der Waals surface area contributed by atoms with Crippen LogP contribution >= 0.6 is 11.6 Å². The molecule has 3 rings (SSSR count). The fourth-order valence-corrected chi connectivity index (χ4v) is 3.81. The van der Waals surface area contributed by atoms with Crippen LogP contribution in [0.3, 0.4) is 0 Å². The third kappa shape index (κ3) is 5.13. The Kier molecular flexibility index (Phi) is 7.58. The molecule has 1 heterocycles. The van der Waals surface area contributed by atoms with E-state index in [1.54, 1.807) is 35.2 Å². The van der Waals surface area contributed by atoms with Gasteiger partial charge in [-0.25, -0.2) is 4.79 Å². The molecule has 1 N–H and O–H groups in total. The summed E-state index contributed by atoms with van der Waals surface area (Å²) in [5, 5.41) is 3.26. The maximum atomic E-state index is 12.9. The van der Waals surface area contributed by atoms with E-state index >= 15 is 0 Å². The highest BCUT2D eigenvalue weighted by atomic mass is 35.5. The van der Waals surface area contributed by atoms with Crippen LogP contribution in [0.2, 0.25) is 5.02 Å². The number of carbonyl (C=O) groups is 3. The molecule has 2 aromatic carbocycles. The number of amides is 2. The number of halogens is 1. The summed E-state index contributed by atoms with van der Waals surface area (Å²) < 4.78 is 15.2. The number of esters is 1. The summed E-state index contributed by atoms with van der Waals surface area (Å²) in [6.07, 6.45) is 0.980. The van der Waals surface area contributed by atoms with E-state index in [0.29, 0.717) is 53.7 Å². The first-order valence-corrected chi connectivity index (χ1v) is 10.5. The molecule has 8 nitrogen and oxygen atoms in total. The largest absolute Gasteiger partial charge is 0.497 e. The SMILES string of the molecule is COC(=O)c1cc(OC)ccc1NC(=O)C1CCN(C(=O)c2cc(Cl)ccc2OC)CC1. The normalized spacial score (nSPS) is 13.9. The monoisotopic (exact) mass is 460 g/mol. The van der Waals surface area contributed by atoms with E-state index < -0.39 is 5.97 Å². The molecule has 0 saturated carbocycles. The summed E-state index contributed by atoms with van der Waals surface area (Å²) in [5.41, 5.74) is 0.953. The Morgan fingerprint density at radius 3 is 2.31 bits per heavy atom. The van der Waals surface area contributed by atoms with Crippen molar-refractivity contribution in [3.8, 4) is 11.5 Å². The number of benzene rings is 2. The van der Waals surface area contributed by atoms with Crippen molar-refractivity contribution < 1.29 is 28.6 Å². The fraction of sp³-hybridized carbons (Fsp3) is 0.348. The third-order valence-electron chi connectivity index (χ3n) is 5.43. The van der Waals surface area contributed by atoms with Crippen LogP contribution in [-0.4, -0.2) is 57.1 Å². The molecule has 9 heteroatoms. The lowest BCUT2D eigenvalue weighted by molar-refractivity contribution is -0.121. The van der Waals surface area contributed by atoms with Gasteiger partial charge in [-0.05, 0) is 49.2 Å². The number of nitrogens with zero attached hydrogens (tertiary/aromatic N) is 1. The average Bonchev–Trinajstić information content (AvgIpc) is 2.83. The number of nitrogens with one attached hydrogen (secondary N) is 1. The van der Waals surface area contributed by atoms with Crippen molar-refractivity contribution >= 4 is 35.1 Å². The number of hydrogen-bond donors (Lipinski definition) is 1. The lowest BCUT2D eigenvalue weighted by Gasteiger charge is -2.31. The molecule has 2 aromatic rings. The standard InChI is InChI=1S/C23H25ClN2O6/c1-30-16-5-6-19(17(13-16)23(29)32-3)25-21(27)14-8-10-26(11-9-14)22(28)18-12-15(24)4-7-20(18)31-2/h4-7,12-14H,8-11H2,1-3H3,(H,25,27). The van der Waals surface area contributed by atoms with Gasteiger partial charge in [0.25, 0.3) is 5.91 Å². The van der Waals surface area contributed by atoms with Crippen LogP contribution in [-0.2, 0) is 9.53 Å². The van der Waals surface area contributed by atoms with Gasteiger partial charge in [0.15, 0.2) is 0 Å². The summed E-state index contributed by atoms with van der Waals surface area (Å²) in [6.45, 7) is 0.831. The van der Waals surface area contributed by atoms with Crippen molar-refractivity contribution in [1.29, 1.82) is 0 Å². The van der Waals surface area contributed by atoms with E-state index in [1.165, 1.54) is 27.4 Å². The number of piperidine rings is 1. The molecule has 0 unspecified atom stereocenters. The molecule has 1 aliphatic rings. The molecule has 0 aromatic heterocycles. The fourth-order valence-electron chi connectivity index (χ4n) is 3.64. The Balaban J connectivity index is 1.66. The molecule has 0 radical (unpaired) electrons. The highest BCUT2D eigenvalue weighted by Gasteiger charge is 2.30. The van der Waals surface area contributed by atoms with Gasteiger partial charge in [0.2, 0.25) is 5.91 Å². The summed E-state index contributed by atoms with van der Waals surface area (Å²) >= 11 is 6.04. The van der Waals surface area contributed by atoms with E-state index in [-0.39, 0.29) is 23.3 Å². The second-order valence-corrected chi connectivity index (χ2v) is 7.74. The number of carbonyl (C=O) groups excluding carboxylic acids is 3. The molecule has 1 saturated heterocycles. The molecule has 0 aliphatic carbocycles. The van der Waals surface area contributed by atoms with Gasteiger partial charge in [0.1, 0.15) is 11.5 Å². The highest BCUT2D eigenvalue weighted by molar-refractivity contribution is 6.31. The lowest BCUT2D eigenvalue weighted by atomic mass is 9.95. The molecule has 0 spiro atoms. The maximum absolute atomic E-state index is 12.9. The first-order valence-electron chi connectivity index (χ1n) is 10.1. The number of likely N-dealkylation sites (tertiary alicyclic amines) is 1. The van der Waals surface area contributed by atoms with Gasteiger partial charge in [0.05, 0.1) is 38.1 Å². The van der Waals surface area contributed by atoms with E-state index in [4.69, 9.17) is 25.8 Å². The Bertz CT molecular complexity index is 1020. The van der Waals surface area contributed by atoms with Crippen LogP contribution in [0.5, 0.6) is 11.5 Å². The maximum Gasteiger partial charge on any atom is 0.340 e. The van der Waals surface area contributed by atoms with Crippen molar-refractivity contribution in [2.75, 3.05) is 39.7 Å². The lowest BCUT2D eigenvalue weighted by Crippen LogP contribution is -2.41. The first kappa shape index (κ1) is 23.4. The van der Waals surface area contributed by atoms with Crippen LogP contribution in [0.15, 0.2) is 36.4 Å². The third-order valence-corrected chi connectivity index (χ3v) is 5.67. The Labute approximate surface area is 191 Å². The quantitative estimate of drug-likeness (QED) is 0.661. The van der Waals surface area contributed by atoms with E-state index in [1.807, 2.05) is 0 Å². The van der Waals surface area contributed by atoms with Gasteiger partial charge in [-0.3, -0.25) is 9.59 Å². The van der Waals surface area contributed by atoms with Gasteiger partial charge >= 0.3 is 5.97 Å². The van der Waals surface area contributed by atoms with Gasteiger partial charge in [0, 0.05) is 24.0 Å². The van der Waals surface area contributed by atoms with E-state index in [2.05, 4.69) is 5.32 Å². The van der Waals surface area contributed by atoms with Crippen LogP contribution < -0.4 is 14.8 Å². The van der Waals surface area contributed by atoms with Crippen LogP contribution in [0.4, 0.5) is 5.69 Å². The number of ether oxygens (including phenoxy) is 3. The van der Waals surface area contributed by atoms with Gasteiger partial charge in [-0.2, -0.15) is 0 Å². The van der Waals surface area contributed by atoms with Gasteiger partial charge in [-0.15, -0.1) is 0 Å². The molecule has 0 bridgehead atoms. The zero-order chi connectivity index (χ0) is 23.3. The Morgan fingerprint density at radius 1 is 0.969 bits per heavy atom. The number of methoxy groups -OCH3 is 3. The minimum Gasteiger partial charge on any atom is -0.497 e. The molecule has 170 valence electrons. The topological polar surface area (TPSA) is 94.2 Å². The molecule has 32 heavy (non-hydrogen) atoms. The number of anilines is 1. The average molecular weight is 461 g/mol. The highest BCUT2D eigenvalue weighted by Crippen LogP contribution is 2.28.